The van der Waals surface area contributed by atoms with Crippen LogP contribution in [0.15, 0.2) is 12.1 Å². The van der Waals surface area contributed by atoms with Gasteiger partial charge in [-0.3, -0.25) is 0 Å². The average molecular weight is 483 g/mol. The zero-order valence-corrected chi connectivity index (χ0v) is 20.9. The Hall–Kier alpha value is -1.26. The zero-order chi connectivity index (χ0) is 24.3. The van der Waals surface area contributed by atoms with E-state index in [1.807, 2.05) is 0 Å². The Bertz CT molecular complexity index is 794. The fourth-order valence-corrected chi connectivity index (χ4v) is 7.52. The molecule has 1 aromatic carbocycles. The molecule has 4 rings (SSSR count). The summed E-state index contributed by atoms with van der Waals surface area (Å²) in [5, 5.41) is 0. The molecule has 0 radical (unpaired) electrons. The van der Waals surface area contributed by atoms with Crippen molar-refractivity contribution in [3.05, 3.63) is 29.3 Å². The third-order valence-electron chi connectivity index (χ3n) is 9.34. The molecule has 0 bridgehead atoms. The van der Waals surface area contributed by atoms with E-state index in [-0.39, 0.29) is 30.3 Å². The molecule has 0 N–H and O–H groups in total. The highest BCUT2D eigenvalue weighted by molar-refractivity contribution is 5.33. The monoisotopic (exact) mass is 482 g/mol. The Balaban J connectivity index is 1.32. The molecule has 0 amide bonds. The van der Waals surface area contributed by atoms with E-state index in [9.17, 15) is 8.78 Å². The number of halogens is 4. The summed E-state index contributed by atoms with van der Waals surface area (Å²) in [6.07, 6.45) is 12.4. The van der Waals surface area contributed by atoms with Gasteiger partial charge < -0.3 is 4.74 Å². The number of hydrogen-bond acceptors (Lipinski definition) is 1. The topological polar surface area (TPSA) is 9.23 Å². The first-order valence-corrected chi connectivity index (χ1v) is 13.8. The maximum absolute atomic E-state index is 15.3. The smallest absolute Gasteiger partial charge is 0.251 e. The van der Waals surface area contributed by atoms with Gasteiger partial charge in [0.15, 0.2) is 11.6 Å². The number of alkyl halides is 2. The van der Waals surface area contributed by atoms with Gasteiger partial charge in [0.05, 0.1) is 6.61 Å². The first-order valence-electron chi connectivity index (χ1n) is 13.8. The van der Waals surface area contributed by atoms with Crippen LogP contribution in [0.2, 0.25) is 0 Å². The molecule has 0 heterocycles. The van der Waals surface area contributed by atoms with Crippen LogP contribution in [0.25, 0.3) is 0 Å². The van der Waals surface area contributed by atoms with E-state index < -0.39 is 29.4 Å². The van der Waals surface area contributed by atoms with Crippen molar-refractivity contribution in [2.24, 2.45) is 29.6 Å². The van der Waals surface area contributed by atoms with Gasteiger partial charge in [0.25, 0.3) is 5.92 Å². The van der Waals surface area contributed by atoms with E-state index in [0.717, 1.165) is 37.5 Å². The largest absolute Gasteiger partial charge is 0.491 e. The highest BCUT2D eigenvalue weighted by Gasteiger charge is 2.50. The van der Waals surface area contributed by atoms with Crippen LogP contribution in [0.1, 0.15) is 109 Å². The summed E-state index contributed by atoms with van der Waals surface area (Å²) >= 11 is 0. The Morgan fingerprint density at radius 2 is 1.41 bits per heavy atom. The first-order chi connectivity index (χ1) is 16.3. The van der Waals surface area contributed by atoms with Gasteiger partial charge >= 0.3 is 0 Å². The van der Waals surface area contributed by atoms with Crippen molar-refractivity contribution in [1.82, 2.24) is 0 Å². The van der Waals surface area contributed by atoms with Gasteiger partial charge in [-0.15, -0.1) is 0 Å². The van der Waals surface area contributed by atoms with Crippen LogP contribution in [0, 0.1) is 41.2 Å². The molecule has 3 fully saturated rings. The molecule has 3 aliphatic rings. The predicted molar refractivity (Wildman–Crippen MR) is 128 cm³/mol. The Kier molecular flexibility index (Phi) is 8.51. The van der Waals surface area contributed by atoms with Crippen LogP contribution in [0.4, 0.5) is 17.6 Å². The minimum atomic E-state index is -2.83. The normalized spacial score (nSPS) is 34.1. The van der Waals surface area contributed by atoms with E-state index in [1.54, 1.807) is 6.92 Å². The third-order valence-corrected chi connectivity index (χ3v) is 9.34. The Labute approximate surface area is 203 Å². The lowest BCUT2D eigenvalue weighted by Gasteiger charge is -2.44. The number of rotatable bonds is 7. The molecule has 3 saturated carbocycles. The summed E-state index contributed by atoms with van der Waals surface area (Å²) in [7, 11) is 0. The summed E-state index contributed by atoms with van der Waals surface area (Å²) in [5.41, 5.74) is 0.0708. The van der Waals surface area contributed by atoms with Gasteiger partial charge in [-0.25, -0.2) is 13.2 Å². The SMILES string of the molecule is CCCC1CCC(C2CCC(C3CCC(c4ccc(OCC)c(F)c4F)CC3(F)F)CC2)CC1. The van der Waals surface area contributed by atoms with E-state index in [2.05, 4.69) is 6.92 Å². The molecule has 192 valence electrons. The third kappa shape index (κ3) is 5.59. The highest BCUT2D eigenvalue weighted by Crippen LogP contribution is 2.53. The van der Waals surface area contributed by atoms with Crippen molar-refractivity contribution in [3.63, 3.8) is 0 Å². The second-order valence-electron chi connectivity index (χ2n) is 11.3. The van der Waals surface area contributed by atoms with E-state index in [0.29, 0.717) is 18.8 Å². The fourth-order valence-electron chi connectivity index (χ4n) is 7.52. The zero-order valence-electron chi connectivity index (χ0n) is 20.9. The lowest BCUT2D eigenvalue weighted by Crippen LogP contribution is -2.41. The highest BCUT2D eigenvalue weighted by atomic mass is 19.3. The summed E-state index contributed by atoms with van der Waals surface area (Å²) < 4.78 is 64.8. The molecule has 5 heteroatoms. The molecule has 3 aliphatic carbocycles. The fraction of sp³-hybridized carbons (Fsp3) is 0.793. The van der Waals surface area contributed by atoms with Gasteiger partial charge in [0.2, 0.25) is 5.82 Å². The molecule has 0 aliphatic heterocycles. The van der Waals surface area contributed by atoms with Crippen LogP contribution in [-0.2, 0) is 0 Å². The van der Waals surface area contributed by atoms with Gasteiger partial charge in [-0.05, 0) is 99.5 Å². The second kappa shape index (κ2) is 11.2. The number of benzene rings is 1. The van der Waals surface area contributed by atoms with Crippen molar-refractivity contribution in [2.45, 2.75) is 109 Å². The van der Waals surface area contributed by atoms with Gasteiger partial charge in [0.1, 0.15) is 0 Å². The van der Waals surface area contributed by atoms with Gasteiger partial charge in [-0.1, -0.05) is 38.7 Å². The van der Waals surface area contributed by atoms with Crippen LogP contribution in [-0.4, -0.2) is 12.5 Å². The molecule has 0 saturated heterocycles. The second-order valence-corrected chi connectivity index (χ2v) is 11.3. The van der Waals surface area contributed by atoms with Crippen molar-refractivity contribution in [1.29, 1.82) is 0 Å². The minimum Gasteiger partial charge on any atom is -0.491 e. The molecule has 1 aromatic rings. The Morgan fingerprint density at radius 3 is 2.00 bits per heavy atom. The van der Waals surface area contributed by atoms with E-state index in [4.69, 9.17) is 4.74 Å². The molecule has 1 nitrogen and oxygen atoms in total. The van der Waals surface area contributed by atoms with Crippen molar-refractivity contribution in [2.75, 3.05) is 6.61 Å². The van der Waals surface area contributed by atoms with Gasteiger partial charge in [-0.2, -0.15) is 4.39 Å². The molecule has 0 spiro atoms. The first kappa shape index (κ1) is 25.8. The van der Waals surface area contributed by atoms with Crippen LogP contribution in [0.3, 0.4) is 0 Å². The average Bonchev–Trinajstić information content (AvgIpc) is 2.83. The molecular formula is C29H42F4O. The lowest BCUT2D eigenvalue weighted by atomic mass is 9.63. The number of ether oxygens (including phenoxy) is 1. The maximum Gasteiger partial charge on any atom is 0.251 e. The summed E-state index contributed by atoms with van der Waals surface area (Å²) in [5.74, 6) is -3.88. The van der Waals surface area contributed by atoms with Crippen LogP contribution in [0.5, 0.6) is 5.75 Å². The molecule has 2 unspecified atom stereocenters. The standard InChI is InChI=1S/C29H42F4O/c1-3-5-19-6-8-20(9-7-19)21-10-12-22(13-11-21)25-16-14-23(18-29(25,32)33)24-15-17-26(34-4-2)28(31)27(24)30/h15,17,19-23,25H,3-14,16,18H2,1-2H3. The predicted octanol–water partition coefficient (Wildman–Crippen LogP) is 9.30. The molecule has 2 atom stereocenters. The summed E-state index contributed by atoms with van der Waals surface area (Å²) in [6, 6.07) is 2.81. The van der Waals surface area contributed by atoms with Crippen molar-refractivity contribution in [3.8, 4) is 5.75 Å². The lowest BCUT2D eigenvalue weighted by molar-refractivity contribution is -0.120. The molecular weight excluding hydrogens is 440 g/mol. The van der Waals surface area contributed by atoms with Crippen LogP contribution >= 0.6 is 0 Å². The van der Waals surface area contributed by atoms with Crippen LogP contribution < -0.4 is 4.74 Å². The number of hydrogen-bond donors (Lipinski definition) is 0. The quantitative estimate of drug-likeness (QED) is 0.352. The van der Waals surface area contributed by atoms with E-state index in [1.165, 1.54) is 50.7 Å². The minimum absolute atomic E-state index is 0.0607. The van der Waals surface area contributed by atoms with Crippen molar-refractivity contribution < 1.29 is 22.3 Å². The molecule has 34 heavy (non-hydrogen) atoms. The maximum atomic E-state index is 15.3. The Morgan fingerprint density at radius 1 is 0.794 bits per heavy atom. The summed E-state index contributed by atoms with van der Waals surface area (Å²) in [4.78, 5) is 0. The van der Waals surface area contributed by atoms with Gasteiger partial charge in [0, 0.05) is 12.3 Å². The molecule has 0 aromatic heterocycles. The van der Waals surface area contributed by atoms with Crippen molar-refractivity contribution >= 4 is 0 Å². The van der Waals surface area contributed by atoms with E-state index >= 15 is 8.78 Å². The summed E-state index contributed by atoms with van der Waals surface area (Å²) in [6.45, 7) is 4.18.